The number of fused-ring (bicyclic) bond motifs is 17. The van der Waals surface area contributed by atoms with Crippen molar-refractivity contribution in [3.8, 4) is 22.8 Å². The molecule has 176 valence electrons. The van der Waals surface area contributed by atoms with Gasteiger partial charge in [0.05, 0.1) is 0 Å². The average Bonchev–Trinajstić information content (AvgIpc) is 3.58. The lowest BCUT2D eigenvalue weighted by Gasteiger charge is -2.03. The summed E-state index contributed by atoms with van der Waals surface area (Å²) in [6.07, 6.45) is 0. The van der Waals surface area contributed by atoms with Crippen LogP contribution in [0.15, 0.2) is 97.1 Å². The predicted molar refractivity (Wildman–Crippen MR) is 153 cm³/mol. The van der Waals surface area contributed by atoms with Crippen molar-refractivity contribution in [1.82, 2.24) is 29.9 Å². The van der Waals surface area contributed by atoms with Gasteiger partial charge in [-0.15, -0.1) is 0 Å². The summed E-state index contributed by atoms with van der Waals surface area (Å²) in [7, 11) is 0. The Bertz CT molecular complexity index is 2360. The Kier molecular flexibility index (Phi) is 3.70. The molecule has 1 aliphatic heterocycles. The van der Waals surface area contributed by atoms with E-state index in [0.29, 0.717) is 11.6 Å². The van der Waals surface area contributed by atoms with Crippen LogP contribution in [0.4, 0.5) is 0 Å². The number of aromatic nitrogens is 6. The third kappa shape index (κ3) is 2.71. The van der Waals surface area contributed by atoms with Crippen molar-refractivity contribution in [2.45, 2.75) is 0 Å². The number of nitrogens with zero attached hydrogens (tertiary/aromatic N) is 4. The van der Waals surface area contributed by atoms with Crippen LogP contribution in [0.1, 0.15) is 0 Å². The summed E-state index contributed by atoms with van der Waals surface area (Å²) in [6.45, 7) is 0. The van der Waals surface area contributed by atoms with Crippen LogP contribution in [-0.4, -0.2) is 29.9 Å². The smallest absolute Gasteiger partial charge is 0.164 e. The van der Waals surface area contributed by atoms with Gasteiger partial charge in [0.1, 0.15) is 22.6 Å². The van der Waals surface area contributed by atoms with Gasteiger partial charge in [-0.05, 0) is 45.8 Å². The maximum atomic E-state index is 5.10. The van der Waals surface area contributed by atoms with Crippen LogP contribution in [0.25, 0.3) is 88.5 Å². The van der Waals surface area contributed by atoms with Gasteiger partial charge in [0, 0.05) is 32.7 Å². The molecule has 0 spiro atoms. The first-order chi connectivity index (χ1) is 18.8. The first-order valence-corrected chi connectivity index (χ1v) is 12.6. The Hall–Kier alpha value is -5.36. The van der Waals surface area contributed by atoms with E-state index in [1.54, 1.807) is 0 Å². The van der Waals surface area contributed by atoms with Crippen LogP contribution in [0.3, 0.4) is 0 Å². The Balaban J connectivity index is 1.53. The molecule has 4 heterocycles. The molecular formula is C32H18N6. The second-order valence-corrected chi connectivity index (χ2v) is 9.77. The van der Waals surface area contributed by atoms with Gasteiger partial charge in [-0.25, -0.2) is 19.9 Å². The largest absolute Gasteiger partial charge is 0.324 e. The van der Waals surface area contributed by atoms with Crippen molar-refractivity contribution in [1.29, 1.82) is 0 Å². The monoisotopic (exact) mass is 486 g/mol. The molecule has 0 fully saturated rings. The first kappa shape index (κ1) is 19.8. The Morgan fingerprint density at radius 3 is 1.29 bits per heavy atom. The predicted octanol–water partition coefficient (Wildman–Crippen LogP) is 7.61. The Labute approximate surface area is 215 Å². The standard InChI is InChI=1S/C32H18N6/c1-3-9-19-15-25-23(13-17(19)7-1)29-34-27-21-11-5-6-12-22(21)28(33-27)35-30-24-14-18-8-2-4-10-20(18)16-26(24)32(37-30)38-31(25)36-29/h1-16H,(H2,33,34,35,36,37,38). The minimum Gasteiger partial charge on any atom is -0.324 e. The highest BCUT2D eigenvalue weighted by Crippen LogP contribution is 2.38. The summed E-state index contributed by atoms with van der Waals surface area (Å²) >= 11 is 0. The number of H-pyrrole nitrogens is 2. The topological polar surface area (TPSA) is 83.1 Å². The van der Waals surface area contributed by atoms with Crippen LogP contribution in [0.2, 0.25) is 0 Å². The van der Waals surface area contributed by atoms with Crippen LogP contribution in [0.5, 0.6) is 0 Å². The number of benzene rings is 5. The lowest BCUT2D eigenvalue weighted by molar-refractivity contribution is 1.20. The number of hydrogen-bond acceptors (Lipinski definition) is 4. The van der Waals surface area contributed by atoms with Crippen molar-refractivity contribution >= 4 is 65.7 Å². The molecule has 0 aliphatic carbocycles. The molecular weight excluding hydrogens is 468 g/mol. The van der Waals surface area contributed by atoms with Crippen molar-refractivity contribution in [3.63, 3.8) is 0 Å². The number of rotatable bonds is 0. The molecule has 3 aromatic heterocycles. The summed E-state index contributed by atoms with van der Waals surface area (Å²) in [4.78, 5) is 27.2. The van der Waals surface area contributed by atoms with Gasteiger partial charge in [-0.1, -0.05) is 72.8 Å². The fraction of sp³-hybridized carbons (Fsp3) is 0. The highest BCUT2D eigenvalue weighted by atomic mass is 15.0. The minimum absolute atomic E-state index is 0.643. The normalized spacial score (nSPS) is 12.2. The quantitative estimate of drug-likeness (QED) is 0.231. The molecule has 0 radical (unpaired) electrons. The highest BCUT2D eigenvalue weighted by molar-refractivity contribution is 6.12. The fourth-order valence-corrected chi connectivity index (χ4v) is 5.70. The van der Waals surface area contributed by atoms with Gasteiger partial charge < -0.3 is 9.97 Å². The Morgan fingerprint density at radius 1 is 0.368 bits per heavy atom. The maximum absolute atomic E-state index is 5.10. The zero-order chi connectivity index (χ0) is 24.8. The zero-order valence-corrected chi connectivity index (χ0v) is 20.0. The SMILES string of the molecule is c1ccc2cc3c(cc2c1)-c1nc-3nc2[nH]c(nc3[nH]c(n1)c1ccccc31)c1cc3ccccc3cc21. The molecule has 0 saturated carbocycles. The molecule has 5 aromatic carbocycles. The van der Waals surface area contributed by atoms with E-state index in [0.717, 1.165) is 76.8 Å². The molecule has 6 bridgehead atoms. The third-order valence-electron chi connectivity index (χ3n) is 7.55. The summed E-state index contributed by atoms with van der Waals surface area (Å²) < 4.78 is 0. The summed E-state index contributed by atoms with van der Waals surface area (Å²) in [6, 6.07) is 33.6. The lowest BCUT2D eigenvalue weighted by Crippen LogP contribution is -1.83. The molecule has 6 nitrogen and oxygen atoms in total. The molecule has 38 heavy (non-hydrogen) atoms. The van der Waals surface area contributed by atoms with Crippen molar-refractivity contribution < 1.29 is 0 Å². The number of nitrogens with one attached hydrogen (secondary N) is 2. The average molecular weight is 487 g/mol. The summed E-state index contributed by atoms with van der Waals surface area (Å²) in [5.74, 6) is 1.29. The second-order valence-electron chi connectivity index (χ2n) is 9.77. The van der Waals surface area contributed by atoms with Gasteiger partial charge in [0.25, 0.3) is 0 Å². The van der Waals surface area contributed by atoms with Gasteiger partial charge >= 0.3 is 0 Å². The first-order valence-electron chi connectivity index (χ1n) is 12.6. The number of aromatic amines is 2. The highest BCUT2D eigenvalue weighted by Gasteiger charge is 2.21. The maximum Gasteiger partial charge on any atom is 0.164 e. The van der Waals surface area contributed by atoms with Crippen LogP contribution >= 0.6 is 0 Å². The van der Waals surface area contributed by atoms with Gasteiger partial charge in [0.2, 0.25) is 0 Å². The molecule has 8 aromatic rings. The molecule has 2 N–H and O–H groups in total. The van der Waals surface area contributed by atoms with E-state index >= 15 is 0 Å². The van der Waals surface area contributed by atoms with E-state index < -0.39 is 0 Å². The number of hydrogen-bond donors (Lipinski definition) is 2. The minimum atomic E-state index is 0.643. The summed E-state index contributed by atoms with van der Waals surface area (Å²) in [5, 5.41) is 8.63. The molecule has 0 atom stereocenters. The zero-order valence-electron chi connectivity index (χ0n) is 20.0. The fourth-order valence-electron chi connectivity index (χ4n) is 5.70. The molecule has 0 unspecified atom stereocenters. The third-order valence-corrected chi connectivity index (χ3v) is 7.55. The Morgan fingerprint density at radius 2 is 0.763 bits per heavy atom. The van der Waals surface area contributed by atoms with Crippen molar-refractivity contribution in [2.24, 2.45) is 0 Å². The van der Waals surface area contributed by atoms with Crippen molar-refractivity contribution in [2.75, 3.05) is 0 Å². The van der Waals surface area contributed by atoms with Gasteiger partial charge in [0.15, 0.2) is 11.6 Å². The second kappa shape index (κ2) is 7.11. The van der Waals surface area contributed by atoms with E-state index in [9.17, 15) is 0 Å². The van der Waals surface area contributed by atoms with E-state index in [-0.39, 0.29) is 0 Å². The van der Waals surface area contributed by atoms with Crippen molar-refractivity contribution in [3.05, 3.63) is 97.1 Å². The van der Waals surface area contributed by atoms with Crippen LogP contribution < -0.4 is 0 Å². The van der Waals surface area contributed by atoms with E-state index in [1.165, 1.54) is 0 Å². The summed E-state index contributed by atoms with van der Waals surface area (Å²) in [5.41, 5.74) is 4.93. The lowest BCUT2D eigenvalue weighted by atomic mass is 10.0. The van der Waals surface area contributed by atoms with E-state index in [2.05, 4.69) is 94.9 Å². The van der Waals surface area contributed by atoms with Gasteiger partial charge in [-0.2, -0.15) is 0 Å². The molecule has 1 aliphatic rings. The molecule has 9 rings (SSSR count). The molecule has 6 heteroatoms. The van der Waals surface area contributed by atoms with Crippen LogP contribution in [-0.2, 0) is 0 Å². The van der Waals surface area contributed by atoms with E-state index in [1.807, 2.05) is 12.1 Å². The van der Waals surface area contributed by atoms with Gasteiger partial charge in [-0.3, -0.25) is 0 Å². The molecule has 0 amide bonds. The van der Waals surface area contributed by atoms with Crippen LogP contribution in [0, 0.1) is 0 Å². The van der Waals surface area contributed by atoms with E-state index in [4.69, 9.17) is 19.9 Å². The molecule has 0 saturated heterocycles.